The number of carbonyl (C=O) groups excluding carboxylic acids is 2. The van der Waals surface area contributed by atoms with E-state index in [-0.39, 0.29) is 84.6 Å². The van der Waals surface area contributed by atoms with Gasteiger partial charge in [-0.25, -0.2) is 26.3 Å². The number of amides is 2. The normalized spacial score (nSPS) is 23.4. The summed E-state index contributed by atoms with van der Waals surface area (Å²) < 4.78 is 85.0. The Hall–Kier alpha value is -5.27. The second kappa shape index (κ2) is 32.0. The van der Waals surface area contributed by atoms with Gasteiger partial charge in [-0.15, -0.1) is 26.3 Å². The van der Waals surface area contributed by atoms with E-state index >= 15 is 0 Å². The van der Waals surface area contributed by atoms with Gasteiger partial charge in [0.2, 0.25) is 20.0 Å². The summed E-state index contributed by atoms with van der Waals surface area (Å²) in [4.78, 5) is 32.1. The molecule has 16 nitrogen and oxygen atoms in total. The summed E-state index contributed by atoms with van der Waals surface area (Å²) in [5, 5.41) is 21.1. The van der Waals surface area contributed by atoms with Crippen molar-refractivity contribution in [3.05, 3.63) is 167 Å². The fourth-order valence-electron chi connectivity index (χ4n) is 14.9. The maximum Gasteiger partial charge on any atom is 0.264 e. The topological polar surface area (TPSA) is 210 Å². The number of rotatable bonds is 26. The summed E-state index contributed by atoms with van der Waals surface area (Å²) in [6, 6.07) is 22.6. The molecule has 2 fully saturated rings. The Morgan fingerprint density at radius 1 is 0.600 bits per heavy atom. The zero-order valence-electron chi connectivity index (χ0n) is 60.7. The van der Waals surface area contributed by atoms with Crippen LogP contribution in [0.15, 0.2) is 123 Å². The number of hydrogen-bond donors (Lipinski definition) is 4. The Morgan fingerprint density at radius 3 is 1.30 bits per heavy atom. The van der Waals surface area contributed by atoms with Crippen molar-refractivity contribution >= 4 is 83.1 Å². The van der Waals surface area contributed by atoms with Crippen LogP contribution < -0.4 is 28.7 Å². The van der Waals surface area contributed by atoms with Gasteiger partial charge >= 0.3 is 0 Å². The van der Waals surface area contributed by atoms with E-state index in [1.807, 2.05) is 12.1 Å². The van der Waals surface area contributed by atoms with Gasteiger partial charge in [-0.1, -0.05) is 101 Å². The minimum Gasteiger partial charge on any atom is -0.490 e. The molecule has 4 aromatic carbocycles. The molecule has 0 saturated heterocycles. The van der Waals surface area contributed by atoms with E-state index in [0.717, 1.165) is 85.6 Å². The van der Waals surface area contributed by atoms with Crippen molar-refractivity contribution in [2.45, 2.75) is 201 Å². The molecule has 2 aliphatic heterocycles. The van der Waals surface area contributed by atoms with Gasteiger partial charge in [0, 0.05) is 61.0 Å². The molecule has 4 N–H and O–H groups in total. The molecule has 552 valence electrons. The zero-order chi connectivity index (χ0) is 73.0. The Balaban J connectivity index is 0.000000280. The standard InChI is InChI=1S/2C39H55ClN2O6SSi.2H2/c2*1-8-11-31(24-48-50(6,7)38(3,4)5)49(45,46)41-37(44)28-15-19-36-34(22-28)42(23-29-14-17-32(29)35(43)12-9-2)25-39(26-47-36)20-10-13-27-21-30(40)16-18-33(27)39;;/h2*8-9,15-16,18-19,21-22,29,31-32,35,43H,1-2,10-14,17,20,23-26H2,3-7H3,(H,41,44);2*1H/t29-,31+,32+,35-,39-;29-,31-,32+,35-,39-;;/m00../s1. The molecule has 0 radical (unpaired) electrons. The molecule has 2 saturated carbocycles. The van der Waals surface area contributed by atoms with E-state index < -0.39 is 71.2 Å². The van der Waals surface area contributed by atoms with Crippen molar-refractivity contribution in [1.29, 1.82) is 0 Å². The van der Waals surface area contributed by atoms with Crippen LogP contribution in [-0.4, -0.2) is 131 Å². The van der Waals surface area contributed by atoms with E-state index in [4.69, 9.17) is 41.5 Å². The lowest BCUT2D eigenvalue weighted by atomic mass is 9.68. The third kappa shape index (κ3) is 17.9. The van der Waals surface area contributed by atoms with Crippen LogP contribution in [0.3, 0.4) is 0 Å². The van der Waals surface area contributed by atoms with Gasteiger partial charge in [0.25, 0.3) is 11.8 Å². The van der Waals surface area contributed by atoms with Crippen molar-refractivity contribution in [2.75, 3.05) is 62.4 Å². The van der Waals surface area contributed by atoms with Crippen molar-refractivity contribution in [3.63, 3.8) is 0 Å². The highest BCUT2D eigenvalue weighted by Crippen LogP contribution is 2.50. The maximum absolute atomic E-state index is 13.7. The van der Waals surface area contributed by atoms with Crippen molar-refractivity contribution < 1.29 is 57.8 Å². The number of allylic oxidation sites excluding steroid dienone is 2. The van der Waals surface area contributed by atoms with Gasteiger partial charge in [0.15, 0.2) is 16.6 Å². The van der Waals surface area contributed by atoms with E-state index in [2.05, 4.69) is 138 Å². The van der Waals surface area contributed by atoms with Crippen LogP contribution in [0.25, 0.3) is 0 Å². The molecule has 22 heteroatoms. The number of benzene rings is 4. The summed E-state index contributed by atoms with van der Waals surface area (Å²) >= 11 is 12.9. The number of anilines is 2. The van der Waals surface area contributed by atoms with Crippen molar-refractivity contribution in [1.82, 2.24) is 9.44 Å². The molecule has 2 spiro atoms. The number of halogens is 2. The SMILES string of the molecule is C=CC[C@@H](CO[Si](C)(C)C(C)(C)C)S(=O)(=O)NC(=O)c1ccc2c(c1)N(C[C@@H]1CC[C@H]1[C@@H](O)CC=C)C[C@@]1(CCCc3cc(Cl)ccc31)CO2.C=CC[C@H](CO[Si](C)(C)C(C)(C)C)S(=O)(=O)NC(=O)c1ccc2c(c1)N(C[C@@H]1CC[C@H]1[C@@H](O)CC=C)C[C@@]1(CCCc3cc(Cl)ccc31)CO2.[HH].[HH]. The number of aryl methyl sites for hydroxylation is 2. The molecule has 2 heterocycles. The average molecular weight is 1490 g/mol. The van der Waals surface area contributed by atoms with Gasteiger partial charge in [-0.05, 0) is 233 Å². The molecular weight excluding hydrogens is 1380 g/mol. The number of aliphatic hydroxyl groups excluding tert-OH is 2. The molecule has 0 aromatic heterocycles. The number of sulfonamides is 2. The van der Waals surface area contributed by atoms with Gasteiger partial charge in [0.1, 0.15) is 22.0 Å². The van der Waals surface area contributed by atoms with Crippen LogP contribution >= 0.6 is 23.2 Å². The van der Waals surface area contributed by atoms with Crippen molar-refractivity contribution in [2.24, 2.45) is 23.7 Å². The largest absolute Gasteiger partial charge is 0.490 e. The van der Waals surface area contributed by atoms with Crippen LogP contribution in [0.1, 0.15) is 164 Å². The number of ether oxygens (including phenoxy) is 2. The Kier molecular flexibility index (Phi) is 25.2. The zero-order valence-corrected chi connectivity index (χ0v) is 65.8. The van der Waals surface area contributed by atoms with Crippen LogP contribution in [-0.2, 0) is 52.6 Å². The highest BCUT2D eigenvalue weighted by atomic mass is 35.5. The molecule has 4 aliphatic carbocycles. The highest BCUT2D eigenvalue weighted by molar-refractivity contribution is 7.91. The first-order chi connectivity index (χ1) is 47.0. The second-order valence-electron chi connectivity index (χ2n) is 32.1. The first-order valence-corrected chi connectivity index (χ1v) is 45.5. The predicted octanol–water partition coefficient (Wildman–Crippen LogP) is 16.1. The Bertz CT molecular complexity index is 3640. The summed E-state index contributed by atoms with van der Waals surface area (Å²) in [5.41, 5.74) is 6.30. The molecule has 100 heavy (non-hydrogen) atoms. The monoisotopic (exact) mass is 1490 g/mol. The highest BCUT2D eigenvalue weighted by Gasteiger charge is 2.48. The molecule has 4 aromatic rings. The van der Waals surface area contributed by atoms with E-state index in [9.17, 15) is 36.6 Å². The van der Waals surface area contributed by atoms with Crippen LogP contribution in [0.4, 0.5) is 11.4 Å². The summed E-state index contributed by atoms with van der Waals surface area (Å²) in [6.07, 6.45) is 16.8. The quantitative estimate of drug-likeness (QED) is 0.0341. The number of aliphatic hydroxyl groups is 2. The van der Waals surface area contributed by atoms with Crippen LogP contribution in [0, 0.1) is 23.7 Å². The molecule has 0 unspecified atom stereocenters. The molecule has 6 aliphatic rings. The minimum atomic E-state index is -4.10. The molecule has 2 amide bonds. The molecule has 10 atom stereocenters. The number of nitrogens with zero attached hydrogens (tertiary/aromatic N) is 2. The van der Waals surface area contributed by atoms with E-state index in [0.29, 0.717) is 63.7 Å². The van der Waals surface area contributed by atoms with Gasteiger partial charge in [0.05, 0.1) is 50.0 Å². The van der Waals surface area contributed by atoms with E-state index in [1.54, 1.807) is 60.7 Å². The van der Waals surface area contributed by atoms with Crippen LogP contribution in [0.2, 0.25) is 46.3 Å². The van der Waals surface area contributed by atoms with Gasteiger partial charge in [-0.2, -0.15) is 0 Å². The van der Waals surface area contributed by atoms with Crippen LogP contribution in [0.5, 0.6) is 11.5 Å². The Morgan fingerprint density at radius 2 is 0.970 bits per heavy atom. The third-order valence-electron chi connectivity index (χ3n) is 23.3. The Labute approximate surface area is 612 Å². The van der Waals surface area contributed by atoms with Gasteiger partial charge < -0.3 is 38.3 Å². The number of fused-ring (bicyclic) bond motifs is 6. The number of nitrogens with one attached hydrogen (secondary N) is 2. The average Bonchev–Trinajstić information content (AvgIpc) is 1.51. The maximum atomic E-state index is 13.7. The summed E-state index contributed by atoms with van der Waals surface area (Å²) in [5.74, 6) is 0.706. The summed E-state index contributed by atoms with van der Waals surface area (Å²) in [7, 11) is -12.7. The van der Waals surface area contributed by atoms with Crippen molar-refractivity contribution in [3.8, 4) is 11.5 Å². The smallest absolute Gasteiger partial charge is 0.264 e. The van der Waals surface area contributed by atoms with E-state index in [1.165, 1.54) is 22.3 Å². The fourth-order valence-corrected chi connectivity index (χ4v) is 20.0. The summed E-state index contributed by atoms with van der Waals surface area (Å²) in [6.45, 7) is 39.6. The number of hydrogen-bond acceptors (Lipinski definition) is 14. The minimum absolute atomic E-state index is 0. The van der Waals surface area contributed by atoms with Gasteiger partial charge in [-0.3, -0.25) is 9.59 Å². The number of carbonyl (C=O) groups is 2. The lowest BCUT2D eigenvalue weighted by molar-refractivity contribution is 0.0176. The lowest BCUT2D eigenvalue weighted by Crippen LogP contribution is -2.49. The first kappa shape index (κ1) is 78.9. The third-order valence-corrected chi connectivity index (χ3v) is 36.2. The first-order valence-electron chi connectivity index (χ1n) is 35.8. The molecule has 10 rings (SSSR count). The molecular formula is C78H114Cl2N4O12S2Si2. The molecule has 0 bridgehead atoms. The fraction of sp³-hybridized carbons (Fsp3) is 0.564. The second-order valence-corrected chi connectivity index (χ2v) is 46.6. The lowest BCUT2D eigenvalue weighted by Gasteiger charge is -2.45. The predicted molar refractivity (Wildman–Crippen MR) is 415 cm³/mol.